The maximum atomic E-state index is 12.3. The number of rotatable bonds is 12. The zero-order chi connectivity index (χ0) is 27.9. The molecule has 0 atom stereocenters. The number of hydrogen-bond donors (Lipinski definition) is 3. The van der Waals surface area contributed by atoms with Crippen molar-refractivity contribution in [2.45, 2.75) is 53.0 Å². The minimum atomic E-state index is 0.00683. The number of hydrogen-bond acceptors (Lipinski definition) is 6. The van der Waals surface area contributed by atoms with E-state index in [0.29, 0.717) is 18.9 Å². The molecule has 5 rings (SSSR count). The Hall–Kier alpha value is -4.53. The van der Waals surface area contributed by atoms with Crippen molar-refractivity contribution in [3.05, 3.63) is 77.6 Å². The number of H-pyrrole nitrogens is 1. The van der Waals surface area contributed by atoms with Crippen molar-refractivity contribution in [2.75, 3.05) is 18.4 Å². The molecule has 40 heavy (non-hydrogen) atoms. The van der Waals surface area contributed by atoms with E-state index < -0.39 is 0 Å². The third-order valence-corrected chi connectivity index (χ3v) is 7.02. The third-order valence-electron chi connectivity index (χ3n) is 7.02. The van der Waals surface area contributed by atoms with Gasteiger partial charge in [-0.3, -0.25) is 4.79 Å². The fourth-order valence-corrected chi connectivity index (χ4v) is 4.96. The summed E-state index contributed by atoms with van der Waals surface area (Å²) in [6, 6.07) is 20.9. The van der Waals surface area contributed by atoms with E-state index in [4.69, 9.17) is 4.98 Å². The monoisotopic (exact) mass is 536 g/mol. The number of benzene rings is 3. The number of carbonyl (C=O) groups is 1. The number of nitrogens with one attached hydrogen (secondary N) is 3. The summed E-state index contributed by atoms with van der Waals surface area (Å²) in [7, 11) is 0. The molecule has 0 unspecified atom stereocenters. The summed E-state index contributed by atoms with van der Waals surface area (Å²) in [5.74, 6) is 1.65. The highest BCUT2D eigenvalue weighted by Crippen LogP contribution is 2.31. The molecule has 0 aliphatic carbocycles. The number of nitrogens with zero attached hydrogens (tertiary/aromatic N) is 5. The van der Waals surface area contributed by atoms with E-state index in [1.807, 2.05) is 18.2 Å². The van der Waals surface area contributed by atoms with Gasteiger partial charge in [-0.1, -0.05) is 68.8 Å². The van der Waals surface area contributed by atoms with E-state index in [1.54, 1.807) is 0 Å². The SMILES string of the molecule is CCCCNC(=O)CNc1cc(C)c2nc(CCC)n(Cc3ccc(-c4ccccc4-c4nn[nH]n4)cc3)c2c1. The first-order valence-electron chi connectivity index (χ1n) is 14.0. The maximum Gasteiger partial charge on any atom is 0.239 e. The largest absolute Gasteiger partial charge is 0.376 e. The Balaban J connectivity index is 1.40. The Labute approximate surface area is 234 Å². The molecule has 2 aromatic heterocycles. The number of fused-ring (bicyclic) bond motifs is 1. The van der Waals surface area contributed by atoms with Crippen molar-refractivity contribution in [2.24, 2.45) is 0 Å². The molecular weight excluding hydrogens is 500 g/mol. The number of aromatic amines is 1. The lowest BCUT2D eigenvalue weighted by Gasteiger charge is -2.13. The summed E-state index contributed by atoms with van der Waals surface area (Å²) in [6.07, 6.45) is 3.95. The fraction of sp³-hybridized carbons (Fsp3) is 0.323. The zero-order valence-electron chi connectivity index (χ0n) is 23.4. The molecule has 206 valence electrons. The minimum absolute atomic E-state index is 0.00683. The van der Waals surface area contributed by atoms with E-state index >= 15 is 0 Å². The van der Waals surface area contributed by atoms with Gasteiger partial charge in [-0.2, -0.15) is 5.21 Å². The van der Waals surface area contributed by atoms with Gasteiger partial charge in [-0.15, -0.1) is 10.2 Å². The number of tetrazole rings is 1. The van der Waals surface area contributed by atoms with Gasteiger partial charge in [0.25, 0.3) is 0 Å². The molecule has 9 heteroatoms. The van der Waals surface area contributed by atoms with Crippen LogP contribution < -0.4 is 10.6 Å². The average molecular weight is 537 g/mol. The predicted octanol–water partition coefficient (Wildman–Crippen LogP) is 5.52. The Morgan fingerprint density at radius 2 is 1.80 bits per heavy atom. The van der Waals surface area contributed by atoms with Crippen molar-refractivity contribution >= 4 is 22.6 Å². The Morgan fingerprint density at radius 1 is 1.00 bits per heavy atom. The van der Waals surface area contributed by atoms with E-state index in [-0.39, 0.29) is 12.5 Å². The zero-order valence-corrected chi connectivity index (χ0v) is 23.4. The molecule has 0 aliphatic rings. The number of anilines is 1. The van der Waals surface area contributed by atoms with Gasteiger partial charge in [-0.25, -0.2) is 4.98 Å². The lowest BCUT2D eigenvalue weighted by molar-refractivity contribution is -0.119. The number of amides is 1. The Bertz CT molecular complexity index is 1570. The van der Waals surface area contributed by atoms with Gasteiger partial charge in [0.05, 0.1) is 17.6 Å². The third kappa shape index (κ3) is 6.03. The second-order valence-corrected chi connectivity index (χ2v) is 10.1. The van der Waals surface area contributed by atoms with Crippen molar-refractivity contribution in [3.63, 3.8) is 0 Å². The van der Waals surface area contributed by atoms with Crippen LogP contribution in [0.4, 0.5) is 5.69 Å². The topological polar surface area (TPSA) is 113 Å². The molecular formula is C31H36N8O. The Morgan fingerprint density at radius 3 is 2.52 bits per heavy atom. The van der Waals surface area contributed by atoms with Gasteiger partial charge in [-0.05, 0) is 59.4 Å². The van der Waals surface area contributed by atoms with Gasteiger partial charge < -0.3 is 15.2 Å². The summed E-state index contributed by atoms with van der Waals surface area (Å²) in [5.41, 5.74) is 8.36. The quantitative estimate of drug-likeness (QED) is 0.181. The molecule has 3 N–H and O–H groups in total. The van der Waals surface area contributed by atoms with Gasteiger partial charge in [0, 0.05) is 30.8 Å². The second-order valence-electron chi connectivity index (χ2n) is 10.1. The fourth-order valence-electron chi connectivity index (χ4n) is 4.96. The van der Waals surface area contributed by atoms with Crippen molar-refractivity contribution in [3.8, 4) is 22.5 Å². The molecule has 0 radical (unpaired) electrons. The summed E-state index contributed by atoms with van der Waals surface area (Å²) < 4.78 is 2.31. The minimum Gasteiger partial charge on any atom is -0.376 e. The van der Waals surface area contributed by atoms with Crippen LogP contribution >= 0.6 is 0 Å². The first-order valence-corrected chi connectivity index (χ1v) is 14.0. The smallest absolute Gasteiger partial charge is 0.239 e. The molecule has 1 amide bonds. The first kappa shape index (κ1) is 27.1. The van der Waals surface area contributed by atoms with Crippen LogP contribution in [0.15, 0.2) is 60.7 Å². The number of unbranched alkanes of at least 4 members (excludes halogenated alkanes) is 1. The second kappa shape index (κ2) is 12.5. The highest BCUT2D eigenvalue weighted by atomic mass is 16.1. The van der Waals surface area contributed by atoms with E-state index in [9.17, 15) is 4.79 Å². The van der Waals surface area contributed by atoms with Gasteiger partial charge in [0.2, 0.25) is 11.7 Å². The van der Waals surface area contributed by atoms with Crippen LogP contribution in [0.1, 0.15) is 50.1 Å². The molecule has 0 aliphatic heterocycles. The molecule has 0 saturated carbocycles. The average Bonchev–Trinajstić information content (AvgIpc) is 3.62. The van der Waals surface area contributed by atoms with Crippen LogP contribution in [-0.4, -0.2) is 49.2 Å². The number of aryl methyl sites for hydroxylation is 2. The highest BCUT2D eigenvalue weighted by molar-refractivity contribution is 5.86. The van der Waals surface area contributed by atoms with Gasteiger partial charge in [0.1, 0.15) is 5.82 Å². The molecule has 9 nitrogen and oxygen atoms in total. The van der Waals surface area contributed by atoms with Crippen molar-refractivity contribution in [1.82, 2.24) is 35.5 Å². The number of imidazole rings is 1. The van der Waals surface area contributed by atoms with E-state index in [2.05, 4.69) is 99.1 Å². The van der Waals surface area contributed by atoms with Crippen LogP contribution in [0, 0.1) is 6.92 Å². The summed E-state index contributed by atoms with van der Waals surface area (Å²) >= 11 is 0. The lowest BCUT2D eigenvalue weighted by atomic mass is 9.98. The predicted molar refractivity (Wildman–Crippen MR) is 159 cm³/mol. The molecule has 0 bridgehead atoms. The first-order chi connectivity index (χ1) is 19.6. The lowest BCUT2D eigenvalue weighted by Crippen LogP contribution is -2.30. The summed E-state index contributed by atoms with van der Waals surface area (Å²) in [4.78, 5) is 17.3. The van der Waals surface area contributed by atoms with Crippen molar-refractivity contribution < 1.29 is 4.79 Å². The van der Waals surface area contributed by atoms with Crippen LogP contribution in [0.25, 0.3) is 33.5 Å². The molecule has 0 spiro atoms. The number of aromatic nitrogens is 6. The molecule has 2 heterocycles. The molecule has 0 fully saturated rings. The standard InChI is InChI=1S/C31H36N8O/c1-4-6-16-32-29(40)19-33-24-17-21(3)30-27(18-24)39(28(34-30)9-5-2)20-22-12-14-23(15-13-22)25-10-7-8-11-26(25)31-35-37-38-36-31/h7-8,10-15,17-18,33H,4-6,9,16,19-20H2,1-3H3,(H,32,40)(H,35,36,37,38). The van der Waals surface area contributed by atoms with Crippen LogP contribution in [0.5, 0.6) is 0 Å². The molecule has 3 aromatic carbocycles. The summed E-state index contributed by atoms with van der Waals surface area (Å²) in [5, 5.41) is 20.9. The summed E-state index contributed by atoms with van der Waals surface area (Å²) in [6.45, 7) is 8.04. The highest BCUT2D eigenvalue weighted by Gasteiger charge is 2.15. The maximum absolute atomic E-state index is 12.3. The molecule has 5 aromatic rings. The van der Waals surface area contributed by atoms with E-state index in [0.717, 1.165) is 70.5 Å². The van der Waals surface area contributed by atoms with Crippen LogP contribution in [0.3, 0.4) is 0 Å². The van der Waals surface area contributed by atoms with Gasteiger partial charge >= 0.3 is 0 Å². The van der Waals surface area contributed by atoms with Crippen molar-refractivity contribution in [1.29, 1.82) is 0 Å². The van der Waals surface area contributed by atoms with Gasteiger partial charge in [0.15, 0.2) is 0 Å². The van der Waals surface area contributed by atoms with Crippen LogP contribution in [0.2, 0.25) is 0 Å². The van der Waals surface area contributed by atoms with E-state index in [1.165, 1.54) is 5.56 Å². The normalized spacial score (nSPS) is 11.2. The molecule has 0 saturated heterocycles. The van der Waals surface area contributed by atoms with Crippen LogP contribution in [-0.2, 0) is 17.8 Å². The number of carbonyl (C=O) groups excluding carboxylic acids is 1. The Kier molecular flexibility index (Phi) is 8.49.